The van der Waals surface area contributed by atoms with Crippen LogP contribution in [0.4, 0.5) is 24.5 Å². The zero-order valence-corrected chi connectivity index (χ0v) is 21.9. The molecule has 0 aliphatic carbocycles. The van der Waals surface area contributed by atoms with Crippen LogP contribution in [-0.2, 0) is 20.5 Å². The number of alkyl halides is 3. The van der Waals surface area contributed by atoms with Gasteiger partial charge in [-0.3, -0.25) is 4.72 Å². The van der Waals surface area contributed by atoms with Gasteiger partial charge in [0.1, 0.15) is 0 Å². The molecule has 0 aromatic heterocycles. The van der Waals surface area contributed by atoms with Gasteiger partial charge in [-0.2, -0.15) is 13.2 Å². The number of anilines is 2. The molecule has 0 saturated carbocycles. The summed E-state index contributed by atoms with van der Waals surface area (Å²) in [4.78, 5) is -0.107. The number of rotatable bonds is 6. The second-order valence-corrected chi connectivity index (χ2v) is 10.8. The predicted octanol–water partition coefficient (Wildman–Crippen LogP) is 7.06. The fourth-order valence-corrected chi connectivity index (χ4v) is 5.50. The Morgan fingerprint density at radius 1 is 0.872 bits per heavy atom. The Balaban J connectivity index is 1.71. The van der Waals surface area contributed by atoms with Crippen molar-refractivity contribution in [3.05, 3.63) is 125 Å². The molecular formula is C28H21ClF3N3O3S. The van der Waals surface area contributed by atoms with Crippen molar-refractivity contribution in [2.45, 2.75) is 23.7 Å². The highest BCUT2D eigenvalue weighted by Crippen LogP contribution is 2.52. The lowest BCUT2D eigenvalue weighted by atomic mass is 9.98. The minimum atomic E-state index is -5.11. The van der Waals surface area contributed by atoms with Crippen molar-refractivity contribution >= 4 is 38.9 Å². The van der Waals surface area contributed by atoms with E-state index < -0.39 is 27.5 Å². The number of hydrazone groups is 1. The van der Waals surface area contributed by atoms with Crippen molar-refractivity contribution in [1.82, 2.24) is 0 Å². The Hall–Kier alpha value is -4.02. The van der Waals surface area contributed by atoms with Crippen molar-refractivity contribution in [2.75, 3.05) is 9.73 Å². The first-order valence-corrected chi connectivity index (χ1v) is 13.5. The number of nitrogens with zero attached hydrogens (tertiary/aromatic N) is 2. The number of para-hydroxylation sites is 2. The summed E-state index contributed by atoms with van der Waals surface area (Å²) in [7, 11) is -4.26. The van der Waals surface area contributed by atoms with Crippen LogP contribution < -0.4 is 9.73 Å². The maximum absolute atomic E-state index is 15.4. The van der Waals surface area contributed by atoms with Gasteiger partial charge in [0.05, 0.1) is 32.4 Å². The van der Waals surface area contributed by atoms with E-state index in [9.17, 15) is 8.42 Å². The number of halogens is 4. The molecule has 4 aromatic carbocycles. The second kappa shape index (κ2) is 9.94. The summed E-state index contributed by atoms with van der Waals surface area (Å²) >= 11 is 6.30. The van der Waals surface area contributed by atoms with Gasteiger partial charge in [-0.25, -0.2) is 13.4 Å². The molecule has 0 bridgehead atoms. The van der Waals surface area contributed by atoms with E-state index in [2.05, 4.69) is 9.82 Å². The van der Waals surface area contributed by atoms with E-state index in [1.165, 1.54) is 54.6 Å². The standard InChI is InChI=1S/C28H21ClF3N3O3S/c1-19-15-17-21(18-16-19)39(36,37)34-25-14-8-6-12-23(25)27(28(30,31)32)35(20-9-3-2-4-10-20)33-26(38-27)22-11-5-7-13-24(22)29/h2-18,34H,1H3. The monoisotopic (exact) mass is 571 g/mol. The van der Waals surface area contributed by atoms with Crippen LogP contribution in [0.5, 0.6) is 0 Å². The quantitative estimate of drug-likeness (QED) is 0.269. The fraction of sp³-hybridized carbons (Fsp3) is 0.107. The van der Waals surface area contributed by atoms with Crippen LogP contribution in [0.15, 0.2) is 113 Å². The third-order valence-corrected chi connectivity index (χ3v) is 7.80. The molecule has 0 radical (unpaired) electrons. The third-order valence-electron chi connectivity index (χ3n) is 6.09. The van der Waals surface area contributed by atoms with Gasteiger partial charge in [-0.1, -0.05) is 77.8 Å². The Morgan fingerprint density at radius 3 is 2.15 bits per heavy atom. The largest absolute Gasteiger partial charge is 0.455 e. The zero-order chi connectivity index (χ0) is 27.8. The number of hydrogen-bond acceptors (Lipinski definition) is 5. The molecule has 200 valence electrons. The molecule has 4 aromatic rings. The number of ether oxygens (including phenoxy) is 1. The molecule has 1 aliphatic heterocycles. The highest BCUT2D eigenvalue weighted by Gasteiger charge is 2.68. The van der Waals surface area contributed by atoms with Gasteiger partial charge in [0.25, 0.3) is 10.0 Å². The molecule has 39 heavy (non-hydrogen) atoms. The molecule has 1 atom stereocenters. The average Bonchev–Trinajstić information content (AvgIpc) is 3.32. The Labute approximate surface area is 228 Å². The van der Waals surface area contributed by atoms with Crippen LogP contribution in [0, 0.1) is 6.92 Å². The Kier molecular flexibility index (Phi) is 6.77. The zero-order valence-electron chi connectivity index (χ0n) is 20.4. The first-order chi connectivity index (χ1) is 18.5. The van der Waals surface area contributed by atoms with E-state index in [0.717, 1.165) is 11.6 Å². The van der Waals surface area contributed by atoms with Crippen LogP contribution in [0.25, 0.3) is 0 Å². The van der Waals surface area contributed by atoms with E-state index in [1.807, 2.05) is 0 Å². The molecule has 6 nitrogen and oxygen atoms in total. The molecule has 5 rings (SSSR count). The fourth-order valence-electron chi connectivity index (χ4n) is 4.21. The molecule has 11 heteroatoms. The molecule has 1 aliphatic rings. The minimum absolute atomic E-state index is 0.0630. The van der Waals surface area contributed by atoms with Gasteiger partial charge in [0.2, 0.25) is 5.90 Å². The maximum Gasteiger partial charge on any atom is 0.455 e. The third kappa shape index (κ3) is 4.81. The summed E-state index contributed by atoms with van der Waals surface area (Å²) in [5.74, 6) is -0.377. The Bertz CT molecular complexity index is 1650. The average molecular weight is 572 g/mol. The van der Waals surface area contributed by atoms with Gasteiger partial charge in [0, 0.05) is 0 Å². The van der Waals surface area contributed by atoms with E-state index >= 15 is 13.2 Å². The first kappa shape index (κ1) is 26.6. The topological polar surface area (TPSA) is 71.0 Å². The molecule has 0 fully saturated rings. The normalized spacial score (nSPS) is 17.5. The second-order valence-electron chi connectivity index (χ2n) is 8.74. The van der Waals surface area contributed by atoms with Crippen LogP contribution >= 0.6 is 11.6 Å². The van der Waals surface area contributed by atoms with Crippen molar-refractivity contribution in [2.24, 2.45) is 5.10 Å². The lowest BCUT2D eigenvalue weighted by Gasteiger charge is -2.38. The molecular weight excluding hydrogens is 551 g/mol. The Morgan fingerprint density at radius 2 is 1.49 bits per heavy atom. The van der Waals surface area contributed by atoms with Crippen LogP contribution in [0.3, 0.4) is 0 Å². The summed E-state index contributed by atoms with van der Waals surface area (Å²) in [6.07, 6.45) is -5.11. The molecule has 1 heterocycles. The van der Waals surface area contributed by atoms with Gasteiger partial charge in [-0.05, 0) is 49.4 Å². The van der Waals surface area contributed by atoms with Gasteiger partial charge in [0.15, 0.2) is 0 Å². The number of nitrogens with one attached hydrogen (secondary N) is 1. The summed E-state index contributed by atoms with van der Waals surface area (Å²) in [5, 5.41) is 5.07. The van der Waals surface area contributed by atoms with Crippen molar-refractivity contribution in [1.29, 1.82) is 0 Å². The predicted molar refractivity (Wildman–Crippen MR) is 144 cm³/mol. The van der Waals surface area contributed by atoms with E-state index in [4.69, 9.17) is 16.3 Å². The number of sulfonamides is 1. The smallest absolute Gasteiger partial charge is 0.433 e. The molecule has 0 spiro atoms. The van der Waals surface area contributed by atoms with E-state index in [1.54, 1.807) is 49.4 Å². The lowest BCUT2D eigenvalue weighted by molar-refractivity contribution is -0.253. The highest BCUT2D eigenvalue weighted by atomic mass is 35.5. The van der Waals surface area contributed by atoms with Crippen LogP contribution in [0.1, 0.15) is 16.7 Å². The molecule has 0 amide bonds. The van der Waals surface area contributed by atoms with Gasteiger partial charge >= 0.3 is 11.9 Å². The molecule has 0 saturated heterocycles. The highest BCUT2D eigenvalue weighted by molar-refractivity contribution is 7.92. The van der Waals surface area contributed by atoms with Gasteiger partial charge in [-0.15, -0.1) is 5.10 Å². The maximum atomic E-state index is 15.4. The summed E-state index contributed by atoms with van der Waals surface area (Å²) < 4.78 is 80.6. The van der Waals surface area contributed by atoms with Crippen molar-refractivity contribution < 1.29 is 26.3 Å². The summed E-state index contributed by atoms with van der Waals surface area (Å²) in [6.45, 7) is 1.79. The summed E-state index contributed by atoms with van der Waals surface area (Å²) in [6, 6.07) is 25.0. The minimum Gasteiger partial charge on any atom is -0.433 e. The first-order valence-electron chi connectivity index (χ1n) is 11.7. The van der Waals surface area contributed by atoms with E-state index in [-0.39, 0.29) is 32.8 Å². The molecule has 1 unspecified atom stereocenters. The summed E-state index contributed by atoms with van der Waals surface area (Å²) in [5.41, 5.74) is -3.05. The number of hydrogen-bond donors (Lipinski definition) is 1. The lowest BCUT2D eigenvalue weighted by Crippen LogP contribution is -2.54. The van der Waals surface area contributed by atoms with Gasteiger partial charge < -0.3 is 4.74 Å². The number of aryl methyl sites for hydroxylation is 1. The molecule has 1 N–H and O–H groups in total. The van der Waals surface area contributed by atoms with Crippen molar-refractivity contribution in [3.63, 3.8) is 0 Å². The SMILES string of the molecule is Cc1ccc(S(=O)(=O)Nc2ccccc2C2(C(F)(F)F)OC(c3ccccc3Cl)=NN2c2ccccc2)cc1. The van der Waals surface area contributed by atoms with Crippen molar-refractivity contribution in [3.8, 4) is 0 Å². The van der Waals surface area contributed by atoms with Crippen LogP contribution in [-0.4, -0.2) is 20.5 Å². The van der Waals surface area contributed by atoms with E-state index in [0.29, 0.717) is 5.01 Å². The number of benzene rings is 4. The van der Waals surface area contributed by atoms with Crippen LogP contribution in [0.2, 0.25) is 5.02 Å².